The molecule has 0 saturated carbocycles. The Kier molecular flexibility index (Phi) is 6.11. The van der Waals surface area contributed by atoms with Crippen LogP contribution < -0.4 is 4.90 Å². The molecule has 0 radical (unpaired) electrons. The van der Waals surface area contributed by atoms with Crippen molar-refractivity contribution in [2.75, 3.05) is 50.7 Å². The summed E-state index contributed by atoms with van der Waals surface area (Å²) in [5.41, 5.74) is 3.32. The van der Waals surface area contributed by atoms with Gasteiger partial charge in [-0.3, -0.25) is 9.69 Å². The van der Waals surface area contributed by atoms with E-state index in [-0.39, 0.29) is 5.91 Å². The molecule has 0 unspecified atom stereocenters. The molecule has 7 nitrogen and oxygen atoms in total. The minimum atomic E-state index is 0.226. The molecular formula is C20H30N6O. The van der Waals surface area contributed by atoms with Gasteiger partial charge in [-0.05, 0) is 39.8 Å². The average molecular weight is 371 g/mol. The lowest BCUT2D eigenvalue weighted by Gasteiger charge is -2.36. The summed E-state index contributed by atoms with van der Waals surface area (Å²) in [7, 11) is 0. The van der Waals surface area contributed by atoms with Gasteiger partial charge in [0.25, 0.3) is 0 Å². The van der Waals surface area contributed by atoms with E-state index >= 15 is 0 Å². The fraction of sp³-hybridized carbons (Fsp3) is 0.550. The SMILES string of the molecule is CCN(CC)C(=O)CN1CCN(c2c(C)nn(-c3ccccn3)c2C)CC1. The van der Waals surface area contributed by atoms with E-state index in [1.165, 1.54) is 5.69 Å². The Hall–Kier alpha value is -2.41. The van der Waals surface area contributed by atoms with E-state index in [1.54, 1.807) is 6.20 Å². The van der Waals surface area contributed by atoms with E-state index in [9.17, 15) is 4.79 Å². The third kappa shape index (κ3) is 4.13. The number of hydrogen-bond acceptors (Lipinski definition) is 5. The first-order chi connectivity index (χ1) is 13.0. The number of rotatable bonds is 6. The van der Waals surface area contributed by atoms with E-state index in [0.29, 0.717) is 6.54 Å². The summed E-state index contributed by atoms with van der Waals surface area (Å²) < 4.78 is 1.92. The van der Waals surface area contributed by atoms with Crippen LogP contribution in [0.15, 0.2) is 24.4 Å². The number of hydrogen-bond donors (Lipinski definition) is 0. The zero-order valence-corrected chi connectivity index (χ0v) is 16.9. The second-order valence-electron chi connectivity index (χ2n) is 6.95. The number of nitrogens with zero attached hydrogens (tertiary/aromatic N) is 6. The van der Waals surface area contributed by atoms with Crippen LogP contribution in [-0.4, -0.2) is 76.3 Å². The highest BCUT2D eigenvalue weighted by molar-refractivity contribution is 5.78. The molecule has 27 heavy (non-hydrogen) atoms. The van der Waals surface area contributed by atoms with Gasteiger partial charge < -0.3 is 9.80 Å². The van der Waals surface area contributed by atoms with Crippen LogP contribution in [-0.2, 0) is 4.79 Å². The lowest BCUT2D eigenvalue weighted by atomic mass is 10.2. The molecule has 0 aromatic carbocycles. The number of amides is 1. The molecule has 1 fully saturated rings. The number of piperazine rings is 1. The monoisotopic (exact) mass is 370 g/mol. The van der Waals surface area contributed by atoms with Gasteiger partial charge in [-0.2, -0.15) is 5.10 Å². The van der Waals surface area contributed by atoms with E-state index < -0.39 is 0 Å². The van der Waals surface area contributed by atoms with E-state index in [1.807, 2.05) is 41.6 Å². The van der Waals surface area contributed by atoms with Crippen LogP contribution in [0.1, 0.15) is 25.2 Å². The van der Waals surface area contributed by atoms with Gasteiger partial charge in [0.2, 0.25) is 5.91 Å². The second kappa shape index (κ2) is 8.52. The Morgan fingerprint density at radius 1 is 1.11 bits per heavy atom. The van der Waals surface area contributed by atoms with Gasteiger partial charge >= 0.3 is 0 Å². The van der Waals surface area contributed by atoms with Crippen molar-refractivity contribution in [3.8, 4) is 5.82 Å². The summed E-state index contributed by atoms with van der Waals surface area (Å²) in [5.74, 6) is 1.07. The highest BCUT2D eigenvalue weighted by Gasteiger charge is 2.25. The van der Waals surface area contributed by atoms with Crippen molar-refractivity contribution in [2.24, 2.45) is 0 Å². The summed E-state index contributed by atoms with van der Waals surface area (Å²) in [6.07, 6.45) is 1.79. The molecule has 0 aliphatic carbocycles. The maximum atomic E-state index is 12.3. The molecule has 1 aliphatic rings. The zero-order valence-electron chi connectivity index (χ0n) is 16.9. The lowest BCUT2D eigenvalue weighted by molar-refractivity contribution is -0.132. The predicted octanol–water partition coefficient (Wildman–Crippen LogP) is 1.87. The Balaban J connectivity index is 1.67. The van der Waals surface area contributed by atoms with Crippen molar-refractivity contribution in [2.45, 2.75) is 27.7 Å². The van der Waals surface area contributed by atoms with Crippen LogP contribution in [0, 0.1) is 13.8 Å². The normalized spacial score (nSPS) is 15.2. The first-order valence-corrected chi connectivity index (χ1v) is 9.77. The minimum Gasteiger partial charge on any atom is -0.366 e. The Bertz CT molecular complexity index is 760. The molecule has 0 atom stereocenters. The van der Waals surface area contributed by atoms with Gasteiger partial charge in [-0.25, -0.2) is 9.67 Å². The first-order valence-electron chi connectivity index (χ1n) is 9.77. The summed E-state index contributed by atoms with van der Waals surface area (Å²) in [5, 5.41) is 4.71. The topological polar surface area (TPSA) is 57.5 Å². The van der Waals surface area contributed by atoms with Crippen molar-refractivity contribution >= 4 is 11.6 Å². The Labute approximate surface area is 161 Å². The number of likely N-dealkylation sites (N-methyl/N-ethyl adjacent to an activating group) is 1. The van der Waals surface area contributed by atoms with E-state index in [4.69, 9.17) is 5.10 Å². The summed E-state index contributed by atoms with van der Waals surface area (Å²) in [4.78, 5) is 23.3. The minimum absolute atomic E-state index is 0.226. The summed E-state index contributed by atoms with van der Waals surface area (Å²) in [6.45, 7) is 13.9. The molecule has 3 heterocycles. The fourth-order valence-electron chi connectivity index (χ4n) is 3.79. The van der Waals surface area contributed by atoms with Crippen LogP contribution in [0.3, 0.4) is 0 Å². The maximum Gasteiger partial charge on any atom is 0.236 e. The van der Waals surface area contributed by atoms with Crippen molar-refractivity contribution < 1.29 is 4.79 Å². The highest BCUT2D eigenvalue weighted by Crippen LogP contribution is 2.27. The van der Waals surface area contributed by atoms with Gasteiger partial charge in [0, 0.05) is 45.5 Å². The lowest BCUT2D eigenvalue weighted by Crippen LogP contribution is -2.50. The number of carbonyl (C=O) groups excluding carboxylic acids is 1. The highest BCUT2D eigenvalue weighted by atomic mass is 16.2. The molecule has 0 N–H and O–H groups in total. The Morgan fingerprint density at radius 2 is 1.81 bits per heavy atom. The van der Waals surface area contributed by atoms with Crippen LogP contribution in [0.2, 0.25) is 0 Å². The number of pyridine rings is 1. The van der Waals surface area contributed by atoms with Crippen molar-refractivity contribution in [3.63, 3.8) is 0 Å². The van der Waals surface area contributed by atoms with Gasteiger partial charge in [0.15, 0.2) is 5.82 Å². The second-order valence-corrected chi connectivity index (χ2v) is 6.95. The molecule has 0 bridgehead atoms. The molecule has 3 rings (SSSR count). The zero-order chi connectivity index (χ0) is 19.4. The van der Waals surface area contributed by atoms with Crippen molar-refractivity contribution in [1.29, 1.82) is 0 Å². The molecule has 2 aromatic heterocycles. The first kappa shape index (κ1) is 19.4. The summed E-state index contributed by atoms with van der Waals surface area (Å²) in [6, 6.07) is 5.86. The van der Waals surface area contributed by atoms with Crippen LogP contribution in [0.25, 0.3) is 5.82 Å². The van der Waals surface area contributed by atoms with Crippen LogP contribution in [0.4, 0.5) is 5.69 Å². The van der Waals surface area contributed by atoms with Gasteiger partial charge in [0.1, 0.15) is 0 Å². The number of anilines is 1. The quantitative estimate of drug-likeness (QED) is 0.777. The number of aromatic nitrogens is 3. The fourth-order valence-corrected chi connectivity index (χ4v) is 3.79. The smallest absolute Gasteiger partial charge is 0.236 e. The summed E-state index contributed by atoms with van der Waals surface area (Å²) >= 11 is 0. The number of aryl methyl sites for hydroxylation is 1. The van der Waals surface area contributed by atoms with Crippen LogP contribution >= 0.6 is 0 Å². The molecule has 146 valence electrons. The predicted molar refractivity (Wildman–Crippen MR) is 107 cm³/mol. The molecule has 2 aromatic rings. The van der Waals surface area contributed by atoms with Gasteiger partial charge in [-0.15, -0.1) is 0 Å². The number of carbonyl (C=O) groups is 1. The Morgan fingerprint density at radius 3 is 2.41 bits per heavy atom. The average Bonchev–Trinajstić information content (AvgIpc) is 2.98. The third-order valence-corrected chi connectivity index (χ3v) is 5.28. The van der Waals surface area contributed by atoms with E-state index in [2.05, 4.69) is 28.6 Å². The van der Waals surface area contributed by atoms with Gasteiger partial charge in [-0.1, -0.05) is 6.07 Å². The molecule has 1 amide bonds. The third-order valence-electron chi connectivity index (χ3n) is 5.28. The molecule has 1 saturated heterocycles. The molecular weight excluding hydrogens is 340 g/mol. The van der Waals surface area contributed by atoms with Gasteiger partial charge in [0.05, 0.1) is 23.6 Å². The van der Waals surface area contributed by atoms with E-state index in [0.717, 1.165) is 56.5 Å². The molecule has 0 spiro atoms. The standard InChI is InChI=1S/C20H30N6O/c1-5-24(6-2)19(27)15-23-11-13-25(14-12-23)20-16(3)22-26(17(20)4)18-9-7-8-10-21-18/h7-10H,5-6,11-15H2,1-4H3. The molecule has 7 heteroatoms. The molecule has 1 aliphatic heterocycles. The maximum absolute atomic E-state index is 12.3. The van der Waals surface area contributed by atoms with Crippen LogP contribution in [0.5, 0.6) is 0 Å². The largest absolute Gasteiger partial charge is 0.366 e. The van der Waals surface area contributed by atoms with Crippen molar-refractivity contribution in [1.82, 2.24) is 24.6 Å². The van der Waals surface area contributed by atoms with Crippen molar-refractivity contribution in [3.05, 3.63) is 35.8 Å².